The van der Waals surface area contributed by atoms with Crippen LogP contribution >= 0.6 is 0 Å². The van der Waals surface area contributed by atoms with E-state index in [2.05, 4.69) is 23.1 Å². The first kappa shape index (κ1) is 17.3. The zero-order valence-electron chi connectivity index (χ0n) is 14.9. The molecule has 5 nitrogen and oxygen atoms in total. The minimum Gasteiger partial charge on any atom is -0.399 e. The summed E-state index contributed by atoms with van der Waals surface area (Å²) < 4.78 is 14.0. The Morgan fingerprint density at radius 3 is 2.59 bits per heavy atom. The third kappa shape index (κ3) is 2.16. The molecule has 1 fully saturated rings. The lowest BCUT2D eigenvalue weighted by atomic mass is 9.56. The Hall–Kier alpha value is -3.14. The number of fused-ring (bicyclic) bond motifs is 4. The minimum absolute atomic E-state index is 0.0179. The molecule has 1 aliphatic carbocycles. The second-order valence-electron chi connectivity index (χ2n) is 7.49. The molecule has 4 rings (SSSR count). The van der Waals surface area contributed by atoms with Crippen molar-refractivity contribution in [3.63, 3.8) is 0 Å². The maximum atomic E-state index is 14.0. The van der Waals surface area contributed by atoms with Gasteiger partial charge in [-0.1, -0.05) is 18.2 Å². The van der Waals surface area contributed by atoms with Crippen molar-refractivity contribution in [2.75, 3.05) is 7.05 Å². The zero-order valence-corrected chi connectivity index (χ0v) is 14.9. The molecule has 3 aliphatic rings. The topological polar surface area (TPSA) is 101 Å². The van der Waals surface area contributed by atoms with E-state index in [-0.39, 0.29) is 29.3 Å². The molecule has 0 unspecified atom stereocenters. The predicted octanol–water partition coefficient (Wildman–Crippen LogP) is 2.71. The number of halogens is 1. The number of allylic oxidation sites excluding steroid dienone is 2. The van der Waals surface area contributed by atoms with Crippen LogP contribution in [0.5, 0.6) is 0 Å². The third-order valence-corrected chi connectivity index (χ3v) is 6.43. The van der Waals surface area contributed by atoms with Crippen molar-refractivity contribution in [1.82, 2.24) is 4.90 Å². The fourth-order valence-corrected chi connectivity index (χ4v) is 5.16. The molecule has 4 atom stereocenters. The molecule has 0 spiro atoms. The normalized spacial score (nSPS) is 31.3. The quantitative estimate of drug-likeness (QED) is 0.831. The molecule has 134 valence electrons. The van der Waals surface area contributed by atoms with Crippen LogP contribution in [0.25, 0.3) is 0 Å². The van der Waals surface area contributed by atoms with Crippen LogP contribution in [0.3, 0.4) is 0 Å². The summed E-state index contributed by atoms with van der Waals surface area (Å²) >= 11 is 0. The lowest BCUT2D eigenvalue weighted by Gasteiger charge is -2.48. The van der Waals surface area contributed by atoms with Crippen LogP contribution in [0, 0.1) is 51.1 Å². The van der Waals surface area contributed by atoms with E-state index in [1.165, 1.54) is 12.1 Å². The Morgan fingerprint density at radius 1 is 1.22 bits per heavy atom. The van der Waals surface area contributed by atoms with Gasteiger partial charge in [0.1, 0.15) is 11.9 Å². The highest BCUT2D eigenvalue weighted by atomic mass is 19.1. The summed E-state index contributed by atoms with van der Waals surface area (Å²) in [6.07, 6.45) is 3.88. The summed E-state index contributed by atoms with van der Waals surface area (Å²) in [6.45, 7) is 0. The first-order chi connectivity index (χ1) is 13.0. The molecule has 1 saturated heterocycles. The summed E-state index contributed by atoms with van der Waals surface area (Å²) in [6, 6.07) is 12.6. The molecule has 2 N–H and O–H groups in total. The third-order valence-electron chi connectivity index (χ3n) is 6.43. The first-order valence-corrected chi connectivity index (χ1v) is 8.90. The monoisotopic (exact) mass is 359 g/mol. The van der Waals surface area contributed by atoms with Gasteiger partial charge < -0.3 is 5.73 Å². The van der Waals surface area contributed by atoms with Gasteiger partial charge in [0.15, 0.2) is 5.41 Å². The molecule has 2 bridgehead atoms. The van der Waals surface area contributed by atoms with Crippen molar-refractivity contribution in [2.24, 2.45) is 17.1 Å². The number of likely N-dealkylation sites (N-methyl/N-ethyl adjacent to an activating group) is 1. The fraction of sp³-hybridized carbons (Fsp3) is 0.381. The summed E-state index contributed by atoms with van der Waals surface area (Å²) in [7, 11) is 2.02. The first-order valence-electron chi connectivity index (χ1n) is 8.90. The lowest BCUT2D eigenvalue weighted by Crippen LogP contribution is -2.51. The number of hydrogen-bond donors (Lipinski definition) is 1. The molecule has 2 aliphatic heterocycles. The molecule has 0 radical (unpaired) electrons. The van der Waals surface area contributed by atoms with Crippen LogP contribution in [0.1, 0.15) is 24.3 Å². The van der Waals surface area contributed by atoms with Gasteiger partial charge in [0.05, 0.1) is 23.4 Å². The van der Waals surface area contributed by atoms with Gasteiger partial charge in [-0.05, 0) is 43.2 Å². The Bertz CT molecular complexity index is 989. The van der Waals surface area contributed by atoms with Crippen molar-refractivity contribution in [3.05, 3.63) is 58.6 Å². The molecular formula is C21H18FN5. The highest BCUT2D eigenvalue weighted by molar-refractivity contribution is 5.60. The lowest BCUT2D eigenvalue weighted by molar-refractivity contribution is 0.160. The number of rotatable bonds is 1. The SMILES string of the molecule is CN1[C@@H]2CC[C@@H]1C=C1C(C#N)=C(N)C(C#N)(C#N)[C@H](c3cccc(F)c3)[C@@H]12. The van der Waals surface area contributed by atoms with Crippen LogP contribution in [0.2, 0.25) is 0 Å². The van der Waals surface area contributed by atoms with E-state index in [9.17, 15) is 20.2 Å². The van der Waals surface area contributed by atoms with Crippen LogP contribution in [0.4, 0.5) is 4.39 Å². The average Bonchev–Trinajstić information content (AvgIpc) is 2.90. The van der Waals surface area contributed by atoms with E-state index in [0.29, 0.717) is 5.56 Å². The standard InChI is InChI=1S/C21H18FN5/c1-27-14-5-6-17(27)18-15(8-14)16(9-23)20(26)21(10-24,11-25)19(18)12-3-2-4-13(22)7-12/h2-4,7-8,14,17-19H,5-6,26H2,1H3/t14-,17-,18+,19-/m1/s1. The summed E-state index contributed by atoms with van der Waals surface area (Å²) in [5, 5.41) is 29.8. The van der Waals surface area contributed by atoms with E-state index < -0.39 is 17.2 Å². The molecule has 2 heterocycles. The van der Waals surface area contributed by atoms with Gasteiger partial charge in [-0.3, -0.25) is 4.90 Å². The maximum absolute atomic E-state index is 14.0. The smallest absolute Gasteiger partial charge is 0.191 e. The molecule has 1 aromatic rings. The molecule has 1 aromatic carbocycles. The average molecular weight is 359 g/mol. The molecular weight excluding hydrogens is 341 g/mol. The second kappa shape index (κ2) is 5.95. The number of nitrogens with zero attached hydrogens (tertiary/aromatic N) is 4. The Kier molecular flexibility index (Phi) is 3.81. The summed E-state index contributed by atoms with van der Waals surface area (Å²) in [5.41, 5.74) is 6.14. The van der Waals surface area contributed by atoms with Crippen molar-refractivity contribution < 1.29 is 4.39 Å². The second-order valence-corrected chi connectivity index (χ2v) is 7.49. The van der Waals surface area contributed by atoms with Crippen LogP contribution in [-0.4, -0.2) is 24.0 Å². The van der Waals surface area contributed by atoms with Crippen molar-refractivity contribution in [3.8, 4) is 18.2 Å². The van der Waals surface area contributed by atoms with Gasteiger partial charge in [0, 0.05) is 23.9 Å². The van der Waals surface area contributed by atoms with Crippen molar-refractivity contribution in [2.45, 2.75) is 30.8 Å². The Labute approximate surface area is 157 Å². The highest BCUT2D eigenvalue weighted by Crippen LogP contribution is 2.58. The number of nitrogens with two attached hydrogens (primary N) is 1. The van der Waals surface area contributed by atoms with Gasteiger partial charge in [-0.15, -0.1) is 0 Å². The van der Waals surface area contributed by atoms with Gasteiger partial charge in [0.2, 0.25) is 0 Å². The molecule has 0 aromatic heterocycles. The predicted molar refractivity (Wildman–Crippen MR) is 95.8 cm³/mol. The minimum atomic E-state index is -1.71. The van der Waals surface area contributed by atoms with E-state index in [4.69, 9.17) is 5.73 Å². The van der Waals surface area contributed by atoms with Crippen LogP contribution < -0.4 is 5.73 Å². The fourth-order valence-electron chi connectivity index (χ4n) is 5.16. The Balaban J connectivity index is 2.06. The summed E-state index contributed by atoms with van der Waals surface area (Å²) in [4.78, 5) is 2.23. The molecule has 27 heavy (non-hydrogen) atoms. The van der Waals surface area contributed by atoms with Crippen LogP contribution in [-0.2, 0) is 0 Å². The number of hydrogen-bond acceptors (Lipinski definition) is 5. The van der Waals surface area contributed by atoms with E-state index in [1.54, 1.807) is 12.1 Å². The molecule has 0 amide bonds. The zero-order chi connectivity index (χ0) is 19.3. The van der Waals surface area contributed by atoms with E-state index in [0.717, 1.165) is 18.4 Å². The van der Waals surface area contributed by atoms with Crippen LogP contribution in [0.15, 0.2) is 47.2 Å². The molecule has 0 saturated carbocycles. The Morgan fingerprint density at radius 2 is 1.96 bits per heavy atom. The van der Waals surface area contributed by atoms with Crippen molar-refractivity contribution >= 4 is 0 Å². The maximum Gasteiger partial charge on any atom is 0.191 e. The van der Waals surface area contributed by atoms with Gasteiger partial charge in [-0.2, -0.15) is 15.8 Å². The number of nitriles is 3. The van der Waals surface area contributed by atoms with Gasteiger partial charge in [-0.25, -0.2) is 4.39 Å². The van der Waals surface area contributed by atoms with E-state index >= 15 is 0 Å². The van der Waals surface area contributed by atoms with Gasteiger partial charge in [0.25, 0.3) is 0 Å². The van der Waals surface area contributed by atoms with Crippen molar-refractivity contribution in [1.29, 1.82) is 15.8 Å². The van der Waals surface area contributed by atoms with E-state index in [1.807, 2.05) is 13.1 Å². The molecule has 6 heteroatoms. The number of benzene rings is 1. The highest BCUT2D eigenvalue weighted by Gasteiger charge is 2.58. The largest absolute Gasteiger partial charge is 0.399 e. The summed E-state index contributed by atoms with van der Waals surface area (Å²) in [5.74, 6) is -1.33. The van der Waals surface area contributed by atoms with Gasteiger partial charge >= 0.3 is 0 Å².